The van der Waals surface area contributed by atoms with Gasteiger partial charge in [0.2, 0.25) is 5.91 Å². The fourth-order valence-corrected chi connectivity index (χ4v) is 1.20. The molecule has 82 valence electrons. The van der Waals surface area contributed by atoms with Gasteiger partial charge in [0.05, 0.1) is 6.04 Å². The van der Waals surface area contributed by atoms with Crippen molar-refractivity contribution in [3.63, 3.8) is 0 Å². The number of anilines is 1. The van der Waals surface area contributed by atoms with Gasteiger partial charge in [-0.2, -0.15) is 0 Å². The molecule has 4 heteroatoms. The number of phenolic OH excluding ortho intramolecular Hbond substituents is 1. The molecule has 1 aromatic carbocycles. The summed E-state index contributed by atoms with van der Waals surface area (Å²) >= 11 is 0. The van der Waals surface area contributed by atoms with Gasteiger partial charge in [-0.15, -0.1) is 0 Å². The molecule has 0 radical (unpaired) electrons. The maximum atomic E-state index is 11.5. The molecule has 4 N–H and O–H groups in total. The summed E-state index contributed by atoms with van der Waals surface area (Å²) in [6.45, 7) is 3.67. The zero-order chi connectivity index (χ0) is 11.4. The average molecular weight is 208 g/mol. The topological polar surface area (TPSA) is 75.4 Å². The van der Waals surface area contributed by atoms with E-state index >= 15 is 0 Å². The number of hydrogen-bond donors (Lipinski definition) is 3. The van der Waals surface area contributed by atoms with Crippen molar-refractivity contribution in [2.45, 2.75) is 26.3 Å². The van der Waals surface area contributed by atoms with Crippen LogP contribution in [0, 0.1) is 6.92 Å². The standard InChI is InChI=1S/C11H16N2O2/c1-3-9(12)11(15)13-10-5-4-8(14)6-7(10)2/h4-6,9,14H,3,12H2,1-2H3,(H,13,15). The van der Waals surface area contributed by atoms with E-state index in [1.54, 1.807) is 12.1 Å². The molecule has 0 spiro atoms. The Kier molecular flexibility index (Phi) is 3.68. The first-order valence-electron chi connectivity index (χ1n) is 4.90. The Hall–Kier alpha value is -1.55. The van der Waals surface area contributed by atoms with Crippen LogP contribution in [0.5, 0.6) is 5.75 Å². The Morgan fingerprint density at radius 2 is 2.27 bits per heavy atom. The number of rotatable bonds is 3. The van der Waals surface area contributed by atoms with Crippen LogP contribution in [-0.4, -0.2) is 17.1 Å². The third kappa shape index (κ3) is 2.95. The first-order chi connectivity index (χ1) is 7.04. The molecule has 0 saturated heterocycles. The fourth-order valence-electron chi connectivity index (χ4n) is 1.20. The van der Waals surface area contributed by atoms with Crippen molar-refractivity contribution in [1.29, 1.82) is 0 Å². The molecule has 15 heavy (non-hydrogen) atoms. The second-order valence-corrected chi connectivity index (χ2v) is 3.50. The summed E-state index contributed by atoms with van der Waals surface area (Å²) in [6.07, 6.45) is 0.600. The molecule has 0 aliphatic heterocycles. The van der Waals surface area contributed by atoms with E-state index in [1.165, 1.54) is 6.07 Å². The number of hydrogen-bond acceptors (Lipinski definition) is 3. The van der Waals surface area contributed by atoms with Gasteiger partial charge in [-0.3, -0.25) is 4.79 Å². The minimum absolute atomic E-state index is 0.185. The van der Waals surface area contributed by atoms with Crippen LogP contribution in [0.15, 0.2) is 18.2 Å². The molecule has 1 atom stereocenters. The first kappa shape index (κ1) is 11.5. The average Bonchev–Trinajstić information content (AvgIpc) is 2.20. The van der Waals surface area contributed by atoms with E-state index in [-0.39, 0.29) is 11.7 Å². The Morgan fingerprint density at radius 1 is 1.60 bits per heavy atom. The molecule has 4 nitrogen and oxygen atoms in total. The minimum Gasteiger partial charge on any atom is -0.508 e. The van der Waals surface area contributed by atoms with Crippen LogP contribution in [0.25, 0.3) is 0 Å². The van der Waals surface area contributed by atoms with Gasteiger partial charge >= 0.3 is 0 Å². The van der Waals surface area contributed by atoms with Gasteiger partial charge in [-0.25, -0.2) is 0 Å². The summed E-state index contributed by atoms with van der Waals surface area (Å²) in [5.74, 6) is -0.0171. The molecular weight excluding hydrogens is 192 g/mol. The summed E-state index contributed by atoms with van der Waals surface area (Å²) in [5, 5.41) is 11.9. The summed E-state index contributed by atoms with van der Waals surface area (Å²) < 4.78 is 0. The normalized spacial score (nSPS) is 12.2. The Labute approximate surface area is 89.1 Å². The maximum Gasteiger partial charge on any atom is 0.241 e. The summed E-state index contributed by atoms with van der Waals surface area (Å²) in [4.78, 5) is 11.5. The van der Waals surface area contributed by atoms with Crippen molar-refractivity contribution in [3.8, 4) is 5.75 Å². The van der Waals surface area contributed by atoms with E-state index < -0.39 is 6.04 Å². The number of carbonyl (C=O) groups is 1. The Bertz CT molecular complexity index is 364. The highest BCUT2D eigenvalue weighted by Crippen LogP contribution is 2.20. The van der Waals surface area contributed by atoms with E-state index in [9.17, 15) is 9.90 Å². The zero-order valence-electron chi connectivity index (χ0n) is 8.95. The largest absolute Gasteiger partial charge is 0.508 e. The molecule has 1 unspecified atom stereocenters. The van der Waals surface area contributed by atoms with E-state index in [2.05, 4.69) is 5.32 Å². The molecule has 0 aromatic heterocycles. The van der Waals surface area contributed by atoms with Gasteiger partial charge in [0.1, 0.15) is 5.75 Å². The Balaban J connectivity index is 2.77. The number of benzene rings is 1. The summed E-state index contributed by atoms with van der Waals surface area (Å²) in [6, 6.07) is 4.29. The number of carbonyl (C=O) groups excluding carboxylic acids is 1. The fraction of sp³-hybridized carbons (Fsp3) is 0.364. The highest BCUT2D eigenvalue weighted by Gasteiger charge is 2.11. The van der Waals surface area contributed by atoms with Crippen molar-refractivity contribution in [3.05, 3.63) is 23.8 Å². The van der Waals surface area contributed by atoms with E-state index in [4.69, 9.17) is 5.73 Å². The van der Waals surface area contributed by atoms with Gasteiger partial charge in [-0.05, 0) is 37.1 Å². The quantitative estimate of drug-likeness (QED) is 0.657. The highest BCUT2D eigenvalue weighted by atomic mass is 16.3. The van der Waals surface area contributed by atoms with Gasteiger partial charge < -0.3 is 16.2 Å². The number of aryl methyl sites for hydroxylation is 1. The highest BCUT2D eigenvalue weighted by molar-refractivity contribution is 5.95. The minimum atomic E-state index is -0.488. The number of aromatic hydroxyl groups is 1. The van der Waals surface area contributed by atoms with Crippen LogP contribution in [0.4, 0.5) is 5.69 Å². The lowest BCUT2D eigenvalue weighted by Crippen LogP contribution is -2.34. The van der Waals surface area contributed by atoms with Crippen LogP contribution in [0.1, 0.15) is 18.9 Å². The predicted molar refractivity (Wildman–Crippen MR) is 59.7 cm³/mol. The number of nitrogens with one attached hydrogen (secondary N) is 1. The van der Waals surface area contributed by atoms with Gasteiger partial charge in [0, 0.05) is 5.69 Å². The zero-order valence-corrected chi connectivity index (χ0v) is 8.95. The monoisotopic (exact) mass is 208 g/mol. The molecule has 0 bridgehead atoms. The van der Waals surface area contributed by atoms with E-state index in [1.807, 2.05) is 13.8 Å². The molecule has 0 heterocycles. The smallest absolute Gasteiger partial charge is 0.241 e. The lowest BCUT2D eigenvalue weighted by atomic mass is 10.1. The van der Waals surface area contributed by atoms with Crippen LogP contribution in [-0.2, 0) is 4.79 Å². The molecule has 1 amide bonds. The molecule has 0 fully saturated rings. The molecule has 0 aliphatic carbocycles. The first-order valence-corrected chi connectivity index (χ1v) is 4.90. The molecule has 0 aliphatic rings. The third-order valence-corrected chi connectivity index (χ3v) is 2.24. The van der Waals surface area contributed by atoms with Crippen LogP contribution >= 0.6 is 0 Å². The van der Waals surface area contributed by atoms with Gasteiger partial charge in [0.25, 0.3) is 0 Å². The van der Waals surface area contributed by atoms with Crippen molar-refractivity contribution in [2.24, 2.45) is 5.73 Å². The summed E-state index contributed by atoms with van der Waals surface area (Å²) in [7, 11) is 0. The van der Waals surface area contributed by atoms with Gasteiger partial charge in [-0.1, -0.05) is 6.92 Å². The summed E-state index contributed by atoms with van der Waals surface area (Å²) in [5.41, 5.74) is 7.08. The van der Waals surface area contributed by atoms with Crippen LogP contribution in [0.2, 0.25) is 0 Å². The lowest BCUT2D eigenvalue weighted by molar-refractivity contribution is -0.117. The predicted octanol–water partition coefficient (Wildman–Crippen LogP) is 1.38. The second-order valence-electron chi connectivity index (χ2n) is 3.50. The van der Waals surface area contributed by atoms with Crippen molar-refractivity contribution in [2.75, 3.05) is 5.32 Å². The van der Waals surface area contributed by atoms with Crippen LogP contribution < -0.4 is 11.1 Å². The van der Waals surface area contributed by atoms with Gasteiger partial charge in [0.15, 0.2) is 0 Å². The third-order valence-electron chi connectivity index (χ3n) is 2.24. The maximum absolute atomic E-state index is 11.5. The number of phenols is 1. The van der Waals surface area contributed by atoms with Crippen molar-refractivity contribution < 1.29 is 9.90 Å². The molecule has 1 aromatic rings. The van der Waals surface area contributed by atoms with Crippen LogP contribution in [0.3, 0.4) is 0 Å². The molecular formula is C11H16N2O2. The lowest BCUT2D eigenvalue weighted by Gasteiger charge is -2.12. The second kappa shape index (κ2) is 4.79. The molecule has 1 rings (SSSR count). The van der Waals surface area contributed by atoms with Crippen molar-refractivity contribution >= 4 is 11.6 Å². The van der Waals surface area contributed by atoms with Crippen molar-refractivity contribution in [1.82, 2.24) is 0 Å². The Morgan fingerprint density at radius 3 is 2.80 bits per heavy atom. The van der Waals surface area contributed by atoms with E-state index in [0.29, 0.717) is 12.1 Å². The number of amides is 1. The SMILES string of the molecule is CCC(N)C(=O)Nc1ccc(O)cc1C. The molecule has 0 saturated carbocycles. The number of nitrogens with two attached hydrogens (primary N) is 1. The van der Waals surface area contributed by atoms with E-state index in [0.717, 1.165) is 5.56 Å².